The highest BCUT2D eigenvalue weighted by Crippen LogP contribution is 2.27. The minimum atomic E-state index is -4.52. The minimum Gasteiger partial charge on any atom is -0.482 e. The summed E-state index contributed by atoms with van der Waals surface area (Å²) in [6.45, 7) is -1.80. The second-order valence-corrected chi connectivity index (χ2v) is 5.87. The maximum atomic E-state index is 13.3. The molecule has 0 aliphatic rings. The summed E-state index contributed by atoms with van der Waals surface area (Å²) in [6.07, 6.45) is -4.52. The first-order valence-corrected chi connectivity index (χ1v) is 7.80. The van der Waals surface area contributed by atoms with Crippen LogP contribution in [0.4, 0.5) is 28.9 Å². The summed E-state index contributed by atoms with van der Waals surface area (Å²) in [7, 11) is 0. The molecule has 25 heavy (non-hydrogen) atoms. The Labute approximate surface area is 149 Å². The van der Waals surface area contributed by atoms with Gasteiger partial charge in [0.05, 0.1) is 12.2 Å². The first-order valence-electron chi connectivity index (χ1n) is 7.01. The Balaban J connectivity index is 1.99. The van der Waals surface area contributed by atoms with Crippen molar-refractivity contribution in [1.29, 1.82) is 0 Å². The number of halogens is 5. The number of hydrogen-bond acceptors (Lipinski definition) is 3. The van der Waals surface area contributed by atoms with E-state index >= 15 is 0 Å². The van der Waals surface area contributed by atoms with Gasteiger partial charge in [0.1, 0.15) is 11.6 Å². The molecule has 0 spiro atoms. The molecule has 1 amide bonds. The van der Waals surface area contributed by atoms with Crippen LogP contribution in [-0.2, 0) is 4.79 Å². The van der Waals surface area contributed by atoms with E-state index in [1.807, 2.05) is 0 Å². The fraction of sp³-hybridized carbons (Fsp3) is 0.188. The molecule has 0 bridgehead atoms. The van der Waals surface area contributed by atoms with Crippen molar-refractivity contribution in [2.75, 3.05) is 23.8 Å². The predicted octanol–water partition coefficient (Wildman–Crippen LogP) is 4.58. The quantitative estimate of drug-likeness (QED) is 0.672. The number of rotatable bonds is 6. The molecule has 0 unspecified atom stereocenters. The van der Waals surface area contributed by atoms with Crippen LogP contribution in [0.2, 0.25) is 0 Å². The average Bonchev–Trinajstić information content (AvgIpc) is 2.51. The monoisotopic (exact) mass is 420 g/mol. The highest BCUT2D eigenvalue weighted by molar-refractivity contribution is 9.10. The van der Waals surface area contributed by atoms with E-state index in [2.05, 4.69) is 31.3 Å². The van der Waals surface area contributed by atoms with E-state index in [-0.39, 0.29) is 18.0 Å². The van der Waals surface area contributed by atoms with E-state index < -0.39 is 24.5 Å². The average molecular weight is 421 g/mol. The number of carbonyl (C=O) groups excluding carboxylic acids is 1. The number of ether oxygens (including phenoxy) is 1. The van der Waals surface area contributed by atoms with Crippen LogP contribution in [0.3, 0.4) is 0 Å². The number of carbonyl (C=O) groups is 1. The van der Waals surface area contributed by atoms with Gasteiger partial charge in [0.25, 0.3) is 0 Å². The Morgan fingerprint density at radius 3 is 2.60 bits per heavy atom. The zero-order valence-corrected chi connectivity index (χ0v) is 14.2. The van der Waals surface area contributed by atoms with Crippen LogP contribution in [0.5, 0.6) is 5.75 Å². The van der Waals surface area contributed by atoms with Crippen molar-refractivity contribution in [1.82, 2.24) is 0 Å². The second kappa shape index (κ2) is 8.19. The number of nitrogens with one attached hydrogen (secondary N) is 2. The van der Waals surface area contributed by atoms with Gasteiger partial charge in [-0.25, -0.2) is 4.39 Å². The van der Waals surface area contributed by atoms with E-state index in [0.717, 1.165) is 22.7 Å². The zero-order chi connectivity index (χ0) is 18.4. The van der Waals surface area contributed by atoms with Gasteiger partial charge in [-0.15, -0.1) is 0 Å². The molecule has 0 atom stereocenters. The lowest BCUT2D eigenvalue weighted by molar-refractivity contribution is -0.153. The number of benzene rings is 2. The number of anilines is 2. The first kappa shape index (κ1) is 19.0. The smallest absolute Gasteiger partial charge is 0.422 e. The lowest BCUT2D eigenvalue weighted by Gasteiger charge is -2.14. The summed E-state index contributed by atoms with van der Waals surface area (Å²) in [5, 5.41) is 5.17. The van der Waals surface area contributed by atoms with E-state index in [1.54, 1.807) is 24.3 Å². The highest BCUT2D eigenvalue weighted by Gasteiger charge is 2.28. The van der Waals surface area contributed by atoms with Crippen molar-refractivity contribution in [3.63, 3.8) is 0 Å². The Bertz CT molecular complexity index is 753. The molecule has 0 aromatic heterocycles. The number of alkyl halides is 3. The van der Waals surface area contributed by atoms with Crippen LogP contribution in [0.1, 0.15) is 0 Å². The fourth-order valence-electron chi connectivity index (χ4n) is 1.87. The fourth-order valence-corrected chi connectivity index (χ4v) is 2.27. The van der Waals surface area contributed by atoms with Gasteiger partial charge in [-0.3, -0.25) is 4.79 Å². The minimum absolute atomic E-state index is 0.0476. The van der Waals surface area contributed by atoms with Gasteiger partial charge in [0.2, 0.25) is 5.91 Å². The molecular formula is C16H13BrF4N2O2. The third kappa shape index (κ3) is 6.61. The SMILES string of the molecule is O=C(CNc1cc(F)ccc1OCC(F)(F)F)Nc1cccc(Br)c1. The van der Waals surface area contributed by atoms with Crippen molar-refractivity contribution in [2.24, 2.45) is 0 Å². The maximum Gasteiger partial charge on any atom is 0.422 e. The van der Waals surface area contributed by atoms with Gasteiger partial charge in [-0.05, 0) is 30.3 Å². The lowest BCUT2D eigenvalue weighted by atomic mass is 10.2. The zero-order valence-electron chi connectivity index (χ0n) is 12.7. The third-order valence-corrected chi connectivity index (χ3v) is 3.37. The number of hydrogen-bond donors (Lipinski definition) is 2. The normalized spacial score (nSPS) is 11.1. The van der Waals surface area contributed by atoms with E-state index in [4.69, 9.17) is 0 Å². The molecule has 134 valence electrons. The molecule has 9 heteroatoms. The van der Waals surface area contributed by atoms with Crippen LogP contribution < -0.4 is 15.4 Å². The van der Waals surface area contributed by atoms with Crippen molar-refractivity contribution >= 4 is 33.2 Å². The third-order valence-electron chi connectivity index (χ3n) is 2.88. The van der Waals surface area contributed by atoms with Crippen molar-refractivity contribution in [3.05, 3.63) is 52.8 Å². The molecule has 0 radical (unpaired) electrons. The molecule has 2 aromatic carbocycles. The highest BCUT2D eigenvalue weighted by atomic mass is 79.9. The van der Waals surface area contributed by atoms with Crippen molar-refractivity contribution in [3.8, 4) is 5.75 Å². The van der Waals surface area contributed by atoms with E-state index in [1.165, 1.54) is 0 Å². The standard InChI is InChI=1S/C16H13BrF4N2O2/c17-10-2-1-3-12(6-10)23-15(24)8-22-13-7-11(18)4-5-14(13)25-9-16(19,20)21/h1-7,22H,8-9H2,(H,23,24). The Kier molecular flexibility index (Phi) is 6.24. The second-order valence-electron chi connectivity index (χ2n) is 4.96. The largest absolute Gasteiger partial charge is 0.482 e. The topological polar surface area (TPSA) is 50.4 Å². The van der Waals surface area contributed by atoms with E-state index in [0.29, 0.717) is 5.69 Å². The van der Waals surface area contributed by atoms with Crippen LogP contribution >= 0.6 is 15.9 Å². The van der Waals surface area contributed by atoms with Gasteiger partial charge in [0.15, 0.2) is 6.61 Å². The van der Waals surface area contributed by atoms with Gasteiger partial charge in [-0.1, -0.05) is 22.0 Å². The summed E-state index contributed by atoms with van der Waals surface area (Å²) in [6, 6.07) is 9.85. The lowest BCUT2D eigenvalue weighted by Crippen LogP contribution is -2.23. The molecular weight excluding hydrogens is 408 g/mol. The molecule has 0 aliphatic heterocycles. The van der Waals surface area contributed by atoms with Crippen molar-refractivity contribution < 1.29 is 27.1 Å². The summed E-state index contributed by atoms with van der Waals surface area (Å²) in [4.78, 5) is 11.9. The summed E-state index contributed by atoms with van der Waals surface area (Å²) in [5.74, 6) is -1.33. The first-order chi connectivity index (χ1) is 11.7. The molecule has 0 saturated carbocycles. The van der Waals surface area contributed by atoms with Gasteiger partial charge < -0.3 is 15.4 Å². The molecule has 0 heterocycles. The van der Waals surface area contributed by atoms with Crippen LogP contribution in [0.15, 0.2) is 46.9 Å². The molecule has 2 N–H and O–H groups in total. The summed E-state index contributed by atoms with van der Waals surface area (Å²) in [5.41, 5.74) is 0.489. The predicted molar refractivity (Wildman–Crippen MR) is 89.2 cm³/mol. The molecule has 0 fully saturated rings. The molecule has 0 aliphatic carbocycles. The Morgan fingerprint density at radius 2 is 1.92 bits per heavy atom. The number of amides is 1. The summed E-state index contributed by atoms with van der Waals surface area (Å²) < 4.78 is 55.5. The summed E-state index contributed by atoms with van der Waals surface area (Å²) >= 11 is 3.26. The van der Waals surface area contributed by atoms with Crippen molar-refractivity contribution in [2.45, 2.75) is 6.18 Å². The van der Waals surface area contributed by atoms with Gasteiger partial charge >= 0.3 is 6.18 Å². The molecule has 4 nitrogen and oxygen atoms in total. The van der Waals surface area contributed by atoms with Crippen LogP contribution in [-0.4, -0.2) is 25.2 Å². The maximum absolute atomic E-state index is 13.3. The Morgan fingerprint density at radius 1 is 1.16 bits per heavy atom. The van der Waals surface area contributed by atoms with E-state index in [9.17, 15) is 22.4 Å². The van der Waals surface area contributed by atoms with Crippen LogP contribution in [0.25, 0.3) is 0 Å². The molecule has 0 saturated heterocycles. The Hall–Kier alpha value is -2.29. The molecule has 2 aromatic rings. The van der Waals surface area contributed by atoms with Crippen LogP contribution in [0, 0.1) is 5.82 Å². The van der Waals surface area contributed by atoms with Gasteiger partial charge in [0, 0.05) is 16.2 Å². The van der Waals surface area contributed by atoms with Gasteiger partial charge in [-0.2, -0.15) is 13.2 Å². The molecule has 2 rings (SSSR count).